The smallest absolute Gasteiger partial charge is 0.312 e. The molecule has 2 aromatic rings. The maximum absolute atomic E-state index is 12.3. The molecule has 0 unspecified atom stereocenters. The molecule has 1 N–H and O–H groups in total. The van der Waals surface area contributed by atoms with Gasteiger partial charge in [0.2, 0.25) is 0 Å². The highest BCUT2D eigenvalue weighted by Crippen LogP contribution is 2.33. The predicted octanol–water partition coefficient (Wildman–Crippen LogP) is 2.58. The van der Waals surface area contributed by atoms with E-state index in [1.54, 1.807) is 11.1 Å². The van der Waals surface area contributed by atoms with E-state index < -0.39 is 11.8 Å². The molecule has 1 aliphatic heterocycles. The Labute approximate surface area is 164 Å². The minimum absolute atomic E-state index is 0.194. The Balaban J connectivity index is 1.49. The molecule has 1 aromatic heterocycles. The summed E-state index contributed by atoms with van der Waals surface area (Å²) in [5.41, 5.74) is 1.79. The number of carbonyl (C=O) groups excluding carboxylic acids is 2. The summed E-state index contributed by atoms with van der Waals surface area (Å²) < 4.78 is 0.898. The molecular weight excluding hydrogens is 420 g/mol. The first-order valence-electron chi connectivity index (χ1n) is 8.61. The average molecular weight is 438 g/mol. The number of nitrogens with one attached hydrogen (secondary N) is 1. The Hall–Kier alpha value is -1.86. The number of nitrogens with zero attached hydrogens (tertiary/aromatic N) is 3. The fourth-order valence-corrected chi connectivity index (χ4v) is 4.07. The van der Waals surface area contributed by atoms with Crippen molar-refractivity contribution in [2.45, 2.75) is 18.9 Å². The van der Waals surface area contributed by atoms with Crippen molar-refractivity contribution in [1.82, 2.24) is 15.2 Å². The van der Waals surface area contributed by atoms with Crippen molar-refractivity contribution >= 4 is 55.9 Å². The Morgan fingerprint density at radius 2 is 1.92 bits per heavy atom. The van der Waals surface area contributed by atoms with Crippen LogP contribution >= 0.6 is 27.5 Å². The summed E-state index contributed by atoms with van der Waals surface area (Å²) in [6.07, 6.45) is 3.69. The van der Waals surface area contributed by atoms with E-state index in [1.807, 2.05) is 18.2 Å². The lowest BCUT2D eigenvalue weighted by molar-refractivity contribution is -0.146. The Bertz CT molecular complexity index is 879. The van der Waals surface area contributed by atoms with Crippen LogP contribution in [-0.4, -0.2) is 53.9 Å². The van der Waals surface area contributed by atoms with E-state index in [2.05, 4.69) is 31.1 Å². The summed E-state index contributed by atoms with van der Waals surface area (Å²) in [6.45, 7) is 2.35. The van der Waals surface area contributed by atoms with Crippen LogP contribution in [0.2, 0.25) is 5.02 Å². The summed E-state index contributed by atoms with van der Waals surface area (Å²) >= 11 is 9.79. The van der Waals surface area contributed by atoms with Crippen molar-refractivity contribution in [3.05, 3.63) is 33.9 Å². The first kappa shape index (κ1) is 17.5. The molecule has 1 saturated carbocycles. The minimum Gasteiger partial charge on any atom is -0.367 e. The lowest BCUT2D eigenvalue weighted by Crippen LogP contribution is -2.53. The van der Waals surface area contributed by atoms with Gasteiger partial charge in [0.25, 0.3) is 0 Å². The lowest BCUT2D eigenvalue weighted by Gasteiger charge is -2.36. The van der Waals surface area contributed by atoms with Crippen molar-refractivity contribution in [1.29, 1.82) is 0 Å². The number of aromatic nitrogens is 1. The Kier molecular flexibility index (Phi) is 4.75. The molecule has 0 atom stereocenters. The average Bonchev–Trinajstić information content (AvgIpc) is 3.45. The van der Waals surface area contributed by atoms with E-state index >= 15 is 0 Å². The number of hydrogen-bond acceptors (Lipinski definition) is 4. The van der Waals surface area contributed by atoms with Crippen LogP contribution in [0.1, 0.15) is 12.8 Å². The largest absolute Gasteiger partial charge is 0.367 e. The van der Waals surface area contributed by atoms with E-state index in [0.717, 1.165) is 33.9 Å². The molecule has 0 radical (unpaired) electrons. The second-order valence-electron chi connectivity index (χ2n) is 6.64. The minimum atomic E-state index is -0.481. The molecule has 0 spiro atoms. The number of fused-ring (bicyclic) bond motifs is 1. The van der Waals surface area contributed by atoms with Gasteiger partial charge in [-0.3, -0.25) is 14.6 Å². The molecule has 26 heavy (non-hydrogen) atoms. The number of piperazine rings is 1. The van der Waals surface area contributed by atoms with E-state index in [4.69, 9.17) is 11.6 Å². The van der Waals surface area contributed by atoms with Crippen LogP contribution in [0.15, 0.2) is 28.9 Å². The second-order valence-corrected chi connectivity index (χ2v) is 7.96. The standard InChI is InChI=1S/C18H18BrClN4O2/c19-11-9-13-15(3-4-21-16(13)14(20)10-11)23-5-7-24(8-6-23)18(26)17(25)22-12-1-2-12/h3-4,9-10,12H,1-2,5-8H2,(H,22,25). The van der Waals surface area contributed by atoms with Crippen LogP contribution in [-0.2, 0) is 9.59 Å². The van der Waals surface area contributed by atoms with Crippen LogP contribution < -0.4 is 10.2 Å². The zero-order valence-electron chi connectivity index (χ0n) is 14.0. The molecular formula is C18H18BrClN4O2. The van der Waals surface area contributed by atoms with Crippen LogP contribution in [0, 0.1) is 0 Å². The highest BCUT2D eigenvalue weighted by Gasteiger charge is 2.31. The topological polar surface area (TPSA) is 65.5 Å². The number of benzene rings is 1. The molecule has 0 bridgehead atoms. The van der Waals surface area contributed by atoms with Gasteiger partial charge in [-0.05, 0) is 31.0 Å². The van der Waals surface area contributed by atoms with Crippen molar-refractivity contribution in [2.75, 3.05) is 31.1 Å². The third kappa shape index (κ3) is 3.50. The van der Waals surface area contributed by atoms with Crippen molar-refractivity contribution < 1.29 is 9.59 Å². The molecule has 4 rings (SSSR count). The summed E-state index contributed by atoms with van der Waals surface area (Å²) in [5.74, 6) is -0.909. The normalized spacial score (nSPS) is 17.5. The van der Waals surface area contributed by atoms with Gasteiger partial charge in [-0.15, -0.1) is 0 Å². The highest BCUT2D eigenvalue weighted by atomic mass is 79.9. The van der Waals surface area contributed by atoms with Gasteiger partial charge in [-0.1, -0.05) is 27.5 Å². The fourth-order valence-electron chi connectivity index (χ4n) is 3.21. The lowest BCUT2D eigenvalue weighted by atomic mass is 10.1. The predicted molar refractivity (Wildman–Crippen MR) is 104 cm³/mol. The number of pyridine rings is 1. The van der Waals surface area contributed by atoms with Crippen molar-refractivity contribution in [3.63, 3.8) is 0 Å². The van der Waals surface area contributed by atoms with Gasteiger partial charge < -0.3 is 15.1 Å². The van der Waals surface area contributed by atoms with Gasteiger partial charge in [-0.25, -0.2) is 0 Å². The van der Waals surface area contributed by atoms with Gasteiger partial charge in [-0.2, -0.15) is 0 Å². The van der Waals surface area contributed by atoms with E-state index in [-0.39, 0.29) is 6.04 Å². The van der Waals surface area contributed by atoms with Crippen LogP contribution in [0.25, 0.3) is 10.9 Å². The molecule has 2 aliphatic rings. The van der Waals surface area contributed by atoms with E-state index in [9.17, 15) is 9.59 Å². The third-order valence-corrected chi connectivity index (χ3v) is 5.50. The number of anilines is 1. The monoisotopic (exact) mass is 436 g/mol. The summed E-state index contributed by atoms with van der Waals surface area (Å²) in [7, 11) is 0. The quantitative estimate of drug-likeness (QED) is 0.734. The van der Waals surface area contributed by atoms with Gasteiger partial charge in [0.1, 0.15) is 0 Å². The summed E-state index contributed by atoms with van der Waals surface area (Å²) in [4.78, 5) is 32.4. The van der Waals surface area contributed by atoms with Gasteiger partial charge in [0.15, 0.2) is 0 Å². The van der Waals surface area contributed by atoms with Crippen molar-refractivity contribution in [2.24, 2.45) is 0 Å². The van der Waals surface area contributed by atoms with Crippen LogP contribution in [0.4, 0.5) is 5.69 Å². The first-order valence-corrected chi connectivity index (χ1v) is 9.78. The SMILES string of the molecule is O=C(NC1CC1)C(=O)N1CCN(c2ccnc3c(Cl)cc(Br)cc23)CC1. The highest BCUT2D eigenvalue weighted by molar-refractivity contribution is 9.10. The van der Waals surface area contributed by atoms with Gasteiger partial charge in [0.05, 0.1) is 10.5 Å². The number of amides is 2. The molecule has 6 nitrogen and oxygen atoms in total. The fraction of sp³-hybridized carbons (Fsp3) is 0.389. The van der Waals surface area contributed by atoms with E-state index in [0.29, 0.717) is 31.2 Å². The first-order chi connectivity index (χ1) is 12.5. The third-order valence-electron chi connectivity index (χ3n) is 4.75. The van der Waals surface area contributed by atoms with Gasteiger partial charge in [0, 0.05) is 54.0 Å². The molecule has 136 valence electrons. The maximum atomic E-state index is 12.3. The number of carbonyl (C=O) groups is 2. The maximum Gasteiger partial charge on any atom is 0.312 e. The zero-order valence-corrected chi connectivity index (χ0v) is 16.4. The van der Waals surface area contributed by atoms with Crippen LogP contribution in [0.5, 0.6) is 0 Å². The number of halogens is 2. The molecule has 1 aromatic carbocycles. The van der Waals surface area contributed by atoms with Crippen molar-refractivity contribution in [3.8, 4) is 0 Å². The van der Waals surface area contributed by atoms with Crippen LogP contribution in [0.3, 0.4) is 0 Å². The van der Waals surface area contributed by atoms with Gasteiger partial charge >= 0.3 is 11.8 Å². The molecule has 2 heterocycles. The summed E-state index contributed by atoms with van der Waals surface area (Å²) in [5, 5.41) is 4.33. The van der Waals surface area contributed by atoms with E-state index in [1.165, 1.54) is 0 Å². The molecule has 1 saturated heterocycles. The Morgan fingerprint density at radius 3 is 2.62 bits per heavy atom. The molecule has 2 amide bonds. The second kappa shape index (κ2) is 7.04. The summed E-state index contributed by atoms with van der Waals surface area (Å²) in [6, 6.07) is 5.99. The number of hydrogen-bond donors (Lipinski definition) is 1. The Morgan fingerprint density at radius 1 is 1.19 bits per heavy atom. The molecule has 1 aliphatic carbocycles. The molecule has 2 fully saturated rings. The zero-order chi connectivity index (χ0) is 18.3. The molecule has 8 heteroatoms. The number of rotatable bonds is 2.